The molecule has 0 unspecified atom stereocenters. The molecule has 1 aliphatic heterocycles. The number of hydrogen-bond donors (Lipinski definition) is 2. The van der Waals surface area contributed by atoms with E-state index in [4.69, 9.17) is 0 Å². The van der Waals surface area contributed by atoms with Crippen LogP contribution < -0.4 is 15.5 Å². The molecule has 0 spiro atoms. The Hall–Kier alpha value is -3.41. The third-order valence-electron chi connectivity index (χ3n) is 5.08. The number of anilines is 3. The molecule has 6 nitrogen and oxygen atoms in total. The van der Waals surface area contributed by atoms with Crippen molar-refractivity contribution in [3.8, 4) is 0 Å². The molecule has 6 heteroatoms. The topological polar surface area (TPSA) is 70.2 Å². The first-order valence-corrected chi connectivity index (χ1v) is 10.0. The van der Waals surface area contributed by atoms with Crippen LogP contribution in [0.5, 0.6) is 0 Å². The number of rotatable bonds is 6. The fourth-order valence-corrected chi connectivity index (χ4v) is 3.45. The fraction of sp³-hybridized carbons (Fsp3) is 0.261. The van der Waals surface area contributed by atoms with E-state index in [1.165, 1.54) is 24.9 Å². The van der Waals surface area contributed by atoms with Gasteiger partial charge in [0.05, 0.1) is 11.9 Å². The Morgan fingerprint density at radius 1 is 0.897 bits per heavy atom. The zero-order chi connectivity index (χ0) is 19.9. The minimum absolute atomic E-state index is 0.195. The van der Waals surface area contributed by atoms with Crippen molar-refractivity contribution in [3.05, 3.63) is 78.4 Å². The van der Waals surface area contributed by atoms with E-state index in [2.05, 4.69) is 49.8 Å². The standard InChI is InChI=1S/C23H25N5O/c29-23(26-16-18-10-12-24-13-11-18)22-9-6-20(17-25-22)27-19-4-7-21(8-5-19)28-14-2-1-3-15-28/h4-13,17,27H,1-3,14-16H2,(H,26,29). The van der Waals surface area contributed by atoms with Crippen LogP contribution in [0.4, 0.5) is 17.1 Å². The number of pyridine rings is 2. The molecule has 3 heterocycles. The first-order chi connectivity index (χ1) is 14.3. The number of aromatic nitrogens is 2. The zero-order valence-corrected chi connectivity index (χ0v) is 16.3. The van der Waals surface area contributed by atoms with Crippen LogP contribution in [0.25, 0.3) is 0 Å². The molecule has 0 saturated carbocycles. The smallest absolute Gasteiger partial charge is 0.270 e. The van der Waals surface area contributed by atoms with Crippen molar-refractivity contribution in [1.82, 2.24) is 15.3 Å². The Balaban J connectivity index is 1.32. The molecule has 1 aliphatic rings. The fourth-order valence-electron chi connectivity index (χ4n) is 3.45. The summed E-state index contributed by atoms with van der Waals surface area (Å²) >= 11 is 0. The first-order valence-electron chi connectivity index (χ1n) is 10.0. The molecule has 0 radical (unpaired) electrons. The monoisotopic (exact) mass is 387 g/mol. The van der Waals surface area contributed by atoms with Gasteiger partial charge < -0.3 is 15.5 Å². The molecule has 2 aromatic heterocycles. The van der Waals surface area contributed by atoms with Gasteiger partial charge in [0.1, 0.15) is 5.69 Å². The molecule has 0 atom stereocenters. The Morgan fingerprint density at radius 3 is 2.31 bits per heavy atom. The molecule has 1 amide bonds. The summed E-state index contributed by atoms with van der Waals surface area (Å²) in [7, 11) is 0. The highest BCUT2D eigenvalue weighted by Gasteiger charge is 2.11. The lowest BCUT2D eigenvalue weighted by Gasteiger charge is -2.28. The molecule has 1 aromatic carbocycles. The van der Waals surface area contributed by atoms with Crippen molar-refractivity contribution in [1.29, 1.82) is 0 Å². The number of nitrogens with zero attached hydrogens (tertiary/aromatic N) is 3. The number of nitrogens with one attached hydrogen (secondary N) is 2. The Labute approximate surface area is 171 Å². The summed E-state index contributed by atoms with van der Waals surface area (Å²) in [5.41, 5.74) is 4.52. The molecule has 148 valence electrons. The lowest BCUT2D eigenvalue weighted by atomic mass is 10.1. The number of piperidine rings is 1. The lowest BCUT2D eigenvalue weighted by Crippen LogP contribution is -2.29. The average molecular weight is 387 g/mol. The highest BCUT2D eigenvalue weighted by molar-refractivity contribution is 5.92. The van der Waals surface area contributed by atoms with Crippen molar-refractivity contribution < 1.29 is 4.79 Å². The van der Waals surface area contributed by atoms with E-state index in [1.54, 1.807) is 24.7 Å². The second kappa shape index (κ2) is 9.19. The highest BCUT2D eigenvalue weighted by Crippen LogP contribution is 2.23. The van der Waals surface area contributed by atoms with Crippen LogP contribution in [0.2, 0.25) is 0 Å². The first kappa shape index (κ1) is 18.9. The average Bonchev–Trinajstić information content (AvgIpc) is 2.80. The summed E-state index contributed by atoms with van der Waals surface area (Å²) < 4.78 is 0. The minimum Gasteiger partial charge on any atom is -0.372 e. The molecule has 1 fully saturated rings. The van der Waals surface area contributed by atoms with Gasteiger partial charge in [0.2, 0.25) is 0 Å². The lowest BCUT2D eigenvalue weighted by molar-refractivity contribution is 0.0946. The van der Waals surface area contributed by atoms with Crippen LogP contribution in [0.1, 0.15) is 35.3 Å². The predicted octanol–water partition coefficient (Wildman–Crippen LogP) is 4.14. The maximum Gasteiger partial charge on any atom is 0.270 e. The van der Waals surface area contributed by atoms with Gasteiger partial charge in [-0.25, -0.2) is 4.98 Å². The van der Waals surface area contributed by atoms with Gasteiger partial charge in [0.25, 0.3) is 5.91 Å². The van der Waals surface area contributed by atoms with Crippen molar-refractivity contribution in [2.45, 2.75) is 25.8 Å². The van der Waals surface area contributed by atoms with E-state index in [0.29, 0.717) is 12.2 Å². The summed E-state index contributed by atoms with van der Waals surface area (Å²) in [6.07, 6.45) is 8.97. The van der Waals surface area contributed by atoms with Crippen molar-refractivity contribution in [2.24, 2.45) is 0 Å². The van der Waals surface area contributed by atoms with E-state index in [1.807, 2.05) is 18.2 Å². The molecule has 0 aliphatic carbocycles. The summed E-state index contributed by atoms with van der Waals surface area (Å²) in [5, 5.41) is 6.21. The molecule has 1 saturated heterocycles. The SMILES string of the molecule is O=C(NCc1ccncc1)c1ccc(Nc2ccc(N3CCCCC3)cc2)cn1. The number of hydrogen-bond acceptors (Lipinski definition) is 5. The summed E-state index contributed by atoms with van der Waals surface area (Å²) in [6, 6.07) is 15.8. The van der Waals surface area contributed by atoms with E-state index in [-0.39, 0.29) is 5.91 Å². The van der Waals surface area contributed by atoms with Crippen molar-refractivity contribution in [2.75, 3.05) is 23.3 Å². The predicted molar refractivity (Wildman–Crippen MR) is 115 cm³/mol. The summed E-state index contributed by atoms with van der Waals surface area (Å²) in [5.74, 6) is -0.195. The maximum atomic E-state index is 12.3. The molecular weight excluding hydrogens is 362 g/mol. The Kier molecular flexibility index (Phi) is 6.00. The second-order valence-corrected chi connectivity index (χ2v) is 7.19. The largest absolute Gasteiger partial charge is 0.372 e. The van der Waals surface area contributed by atoms with Crippen molar-refractivity contribution in [3.63, 3.8) is 0 Å². The molecule has 0 bridgehead atoms. The molecule has 4 rings (SSSR count). The number of carbonyl (C=O) groups excluding carboxylic acids is 1. The van der Waals surface area contributed by atoms with Gasteiger partial charge in [0.15, 0.2) is 0 Å². The number of carbonyl (C=O) groups is 1. The van der Waals surface area contributed by atoms with Gasteiger partial charge in [-0.2, -0.15) is 0 Å². The van der Waals surface area contributed by atoms with Crippen LogP contribution in [0.15, 0.2) is 67.1 Å². The summed E-state index contributed by atoms with van der Waals surface area (Å²) in [6.45, 7) is 2.73. The Morgan fingerprint density at radius 2 is 1.62 bits per heavy atom. The van der Waals surface area contributed by atoms with E-state index >= 15 is 0 Å². The minimum atomic E-state index is -0.195. The molecule has 29 heavy (non-hydrogen) atoms. The Bertz CT molecular complexity index is 920. The quantitative estimate of drug-likeness (QED) is 0.665. The molecule has 2 N–H and O–H groups in total. The molecule has 3 aromatic rings. The second-order valence-electron chi connectivity index (χ2n) is 7.19. The van der Waals surface area contributed by atoms with Gasteiger partial charge in [-0.05, 0) is 73.4 Å². The molecular formula is C23H25N5O. The third kappa shape index (κ3) is 5.10. The van der Waals surface area contributed by atoms with Gasteiger partial charge >= 0.3 is 0 Å². The van der Waals surface area contributed by atoms with Gasteiger partial charge in [-0.3, -0.25) is 9.78 Å². The number of amides is 1. The van der Waals surface area contributed by atoms with Crippen LogP contribution in [0, 0.1) is 0 Å². The van der Waals surface area contributed by atoms with Gasteiger partial charge in [0, 0.05) is 43.4 Å². The van der Waals surface area contributed by atoms with Crippen LogP contribution in [-0.2, 0) is 6.54 Å². The van der Waals surface area contributed by atoms with Crippen molar-refractivity contribution >= 4 is 23.0 Å². The van der Waals surface area contributed by atoms with Gasteiger partial charge in [-0.15, -0.1) is 0 Å². The van der Waals surface area contributed by atoms with Crippen LogP contribution in [-0.4, -0.2) is 29.0 Å². The number of benzene rings is 1. The van der Waals surface area contributed by atoms with E-state index in [0.717, 1.165) is 30.0 Å². The van der Waals surface area contributed by atoms with Crippen LogP contribution >= 0.6 is 0 Å². The summed E-state index contributed by atoms with van der Waals surface area (Å²) in [4.78, 5) is 23.0. The third-order valence-corrected chi connectivity index (χ3v) is 5.08. The van der Waals surface area contributed by atoms with Crippen LogP contribution in [0.3, 0.4) is 0 Å². The highest BCUT2D eigenvalue weighted by atomic mass is 16.1. The normalized spacial score (nSPS) is 13.7. The zero-order valence-electron chi connectivity index (χ0n) is 16.3. The van der Waals surface area contributed by atoms with Gasteiger partial charge in [-0.1, -0.05) is 0 Å². The maximum absolute atomic E-state index is 12.3. The van der Waals surface area contributed by atoms with E-state index < -0.39 is 0 Å². The van der Waals surface area contributed by atoms with E-state index in [9.17, 15) is 4.79 Å².